The fourth-order valence-corrected chi connectivity index (χ4v) is 5.31. The van der Waals surface area contributed by atoms with Crippen molar-refractivity contribution in [2.24, 2.45) is 0 Å². The van der Waals surface area contributed by atoms with Crippen LogP contribution in [0, 0.1) is 6.92 Å². The molecule has 0 radical (unpaired) electrons. The van der Waals surface area contributed by atoms with Crippen molar-refractivity contribution < 1.29 is 19.0 Å². The second-order valence-electron chi connectivity index (χ2n) is 9.09. The van der Waals surface area contributed by atoms with Gasteiger partial charge in [-0.2, -0.15) is 0 Å². The first-order chi connectivity index (χ1) is 16.8. The average Bonchev–Trinajstić information content (AvgIpc) is 3.30. The fourth-order valence-electron chi connectivity index (χ4n) is 4.11. The van der Waals surface area contributed by atoms with Gasteiger partial charge in [0.1, 0.15) is 17.0 Å². The minimum atomic E-state index is -1.11. The molecular weight excluding hydrogens is 486 g/mol. The molecule has 0 spiro atoms. The van der Waals surface area contributed by atoms with Gasteiger partial charge in [-0.1, -0.05) is 29.0 Å². The Labute approximate surface area is 215 Å². The number of rotatable bonds is 9. The highest BCUT2D eigenvalue weighted by Gasteiger charge is 2.36. The second kappa shape index (κ2) is 11.1. The average molecular weight is 518 g/mol. The number of carbonyl (C=O) groups excluding carboxylic acids is 1. The van der Waals surface area contributed by atoms with Crippen LogP contribution in [-0.2, 0) is 9.53 Å². The normalized spacial score (nSPS) is 14.8. The van der Waals surface area contributed by atoms with Gasteiger partial charge in [-0.15, -0.1) is 0 Å². The molecule has 1 saturated heterocycles. The molecule has 0 unspecified atom stereocenters. The SMILES string of the molecule is COc1ccc(C)c2sc(N(CCCN3CCOCC3)C(=O)C(C)(C)Oc3ccc(Cl)cc3)nc12. The van der Waals surface area contributed by atoms with Gasteiger partial charge in [-0.05, 0) is 63.1 Å². The molecule has 1 aromatic heterocycles. The molecule has 1 aliphatic heterocycles. The maximum Gasteiger partial charge on any atom is 0.272 e. The van der Waals surface area contributed by atoms with Gasteiger partial charge in [-0.3, -0.25) is 14.6 Å². The first-order valence-electron chi connectivity index (χ1n) is 11.8. The number of morpholine rings is 1. The highest BCUT2D eigenvalue weighted by atomic mass is 35.5. The lowest BCUT2D eigenvalue weighted by molar-refractivity contribution is -0.131. The standard InChI is InChI=1S/C26H32ClN3O4S/c1-18-6-11-21(32-4)22-23(18)35-25(28-22)30(13-5-12-29-14-16-33-17-15-29)24(31)26(2,3)34-20-9-7-19(27)8-10-20/h6-11H,5,12-17H2,1-4H3. The summed E-state index contributed by atoms with van der Waals surface area (Å²) in [6.45, 7) is 10.4. The number of amides is 1. The number of carbonyl (C=O) groups is 1. The predicted octanol–water partition coefficient (Wildman–Crippen LogP) is 5.18. The third-order valence-electron chi connectivity index (χ3n) is 6.05. The van der Waals surface area contributed by atoms with E-state index in [0.29, 0.717) is 28.2 Å². The van der Waals surface area contributed by atoms with Gasteiger partial charge < -0.3 is 14.2 Å². The van der Waals surface area contributed by atoms with Crippen LogP contribution in [0.2, 0.25) is 5.02 Å². The van der Waals surface area contributed by atoms with E-state index >= 15 is 0 Å². The van der Waals surface area contributed by atoms with Crippen LogP contribution in [0.15, 0.2) is 36.4 Å². The van der Waals surface area contributed by atoms with Crippen molar-refractivity contribution in [3.05, 3.63) is 47.0 Å². The topological polar surface area (TPSA) is 64.1 Å². The second-order valence-corrected chi connectivity index (χ2v) is 10.5. The number of hydrogen-bond acceptors (Lipinski definition) is 7. The fraction of sp³-hybridized carbons (Fsp3) is 0.462. The number of halogens is 1. The molecule has 0 N–H and O–H groups in total. The number of nitrogens with zero attached hydrogens (tertiary/aromatic N) is 3. The van der Waals surface area contributed by atoms with Crippen LogP contribution in [-0.4, -0.2) is 67.9 Å². The highest BCUT2D eigenvalue weighted by Crippen LogP contribution is 2.37. The largest absolute Gasteiger partial charge is 0.494 e. The molecule has 188 valence electrons. The molecule has 0 saturated carbocycles. The van der Waals surface area contributed by atoms with E-state index in [-0.39, 0.29) is 5.91 Å². The summed E-state index contributed by atoms with van der Waals surface area (Å²) in [5.74, 6) is 1.14. The van der Waals surface area contributed by atoms with Crippen LogP contribution >= 0.6 is 22.9 Å². The number of thiazole rings is 1. The number of ether oxygens (including phenoxy) is 3. The summed E-state index contributed by atoms with van der Waals surface area (Å²) in [5, 5.41) is 1.26. The molecule has 1 aliphatic rings. The van der Waals surface area contributed by atoms with Gasteiger partial charge in [-0.25, -0.2) is 4.98 Å². The Kier molecular flexibility index (Phi) is 8.16. The third kappa shape index (κ3) is 6.06. The van der Waals surface area contributed by atoms with Crippen molar-refractivity contribution in [2.75, 3.05) is 51.4 Å². The lowest BCUT2D eigenvalue weighted by Gasteiger charge is -2.32. The van der Waals surface area contributed by atoms with Gasteiger partial charge >= 0.3 is 0 Å². The Morgan fingerprint density at radius 2 is 1.91 bits per heavy atom. The van der Waals surface area contributed by atoms with E-state index < -0.39 is 5.60 Å². The summed E-state index contributed by atoms with van der Waals surface area (Å²) < 4.78 is 18.1. The lowest BCUT2D eigenvalue weighted by atomic mass is 10.1. The number of hydrogen-bond donors (Lipinski definition) is 0. The number of benzene rings is 2. The lowest BCUT2D eigenvalue weighted by Crippen LogP contribution is -2.50. The molecule has 7 nitrogen and oxygen atoms in total. The summed E-state index contributed by atoms with van der Waals surface area (Å²) >= 11 is 7.52. The zero-order valence-electron chi connectivity index (χ0n) is 20.7. The monoisotopic (exact) mass is 517 g/mol. The Morgan fingerprint density at radius 3 is 2.60 bits per heavy atom. The number of aryl methyl sites for hydroxylation is 1. The predicted molar refractivity (Wildman–Crippen MR) is 141 cm³/mol. The van der Waals surface area contributed by atoms with Crippen molar-refractivity contribution in [1.29, 1.82) is 0 Å². The van der Waals surface area contributed by atoms with Crippen LogP contribution in [0.25, 0.3) is 10.2 Å². The summed E-state index contributed by atoms with van der Waals surface area (Å²) in [4.78, 5) is 22.9. The molecule has 0 atom stereocenters. The molecule has 4 rings (SSSR count). The molecule has 9 heteroatoms. The Balaban J connectivity index is 1.61. The molecule has 2 aromatic carbocycles. The molecule has 35 heavy (non-hydrogen) atoms. The molecule has 0 bridgehead atoms. The van der Waals surface area contributed by atoms with Gasteiger partial charge in [0.05, 0.1) is 25.0 Å². The van der Waals surface area contributed by atoms with Gasteiger partial charge in [0, 0.05) is 31.2 Å². The van der Waals surface area contributed by atoms with Crippen LogP contribution in [0.4, 0.5) is 5.13 Å². The molecule has 2 heterocycles. The van der Waals surface area contributed by atoms with Crippen molar-refractivity contribution in [3.63, 3.8) is 0 Å². The summed E-state index contributed by atoms with van der Waals surface area (Å²) in [5.41, 5.74) is 0.765. The maximum atomic E-state index is 13.9. The van der Waals surface area contributed by atoms with E-state index in [2.05, 4.69) is 4.90 Å². The maximum absolute atomic E-state index is 13.9. The number of anilines is 1. The van der Waals surface area contributed by atoms with Gasteiger partial charge in [0.15, 0.2) is 10.7 Å². The van der Waals surface area contributed by atoms with E-state index in [1.807, 2.05) is 19.1 Å². The van der Waals surface area contributed by atoms with Crippen LogP contribution in [0.3, 0.4) is 0 Å². The minimum absolute atomic E-state index is 0.148. The molecule has 1 amide bonds. The first-order valence-corrected chi connectivity index (χ1v) is 13.0. The summed E-state index contributed by atoms with van der Waals surface area (Å²) in [6, 6.07) is 11.0. The quantitative estimate of drug-likeness (QED) is 0.389. The van der Waals surface area contributed by atoms with Gasteiger partial charge in [0.2, 0.25) is 0 Å². The number of aromatic nitrogens is 1. The van der Waals surface area contributed by atoms with E-state index in [1.165, 1.54) is 11.3 Å². The summed E-state index contributed by atoms with van der Waals surface area (Å²) in [7, 11) is 1.64. The van der Waals surface area contributed by atoms with E-state index in [4.69, 9.17) is 30.8 Å². The minimum Gasteiger partial charge on any atom is -0.494 e. The smallest absolute Gasteiger partial charge is 0.272 e. The van der Waals surface area contributed by atoms with Crippen LogP contribution in [0.5, 0.6) is 11.5 Å². The Bertz CT molecular complexity index is 1160. The van der Waals surface area contributed by atoms with Crippen molar-refractivity contribution in [2.45, 2.75) is 32.8 Å². The van der Waals surface area contributed by atoms with E-state index in [0.717, 1.165) is 55.0 Å². The molecule has 3 aromatic rings. The van der Waals surface area contributed by atoms with Crippen LogP contribution < -0.4 is 14.4 Å². The summed E-state index contributed by atoms with van der Waals surface area (Å²) in [6.07, 6.45) is 0.814. The Morgan fingerprint density at radius 1 is 1.20 bits per heavy atom. The Hall–Kier alpha value is -2.39. The van der Waals surface area contributed by atoms with Gasteiger partial charge in [0.25, 0.3) is 5.91 Å². The van der Waals surface area contributed by atoms with Crippen molar-refractivity contribution in [3.8, 4) is 11.5 Å². The number of fused-ring (bicyclic) bond motifs is 1. The van der Waals surface area contributed by atoms with E-state index in [9.17, 15) is 4.79 Å². The highest BCUT2D eigenvalue weighted by molar-refractivity contribution is 7.22. The molecule has 0 aliphatic carbocycles. The molecule has 1 fully saturated rings. The van der Waals surface area contributed by atoms with Crippen molar-refractivity contribution >= 4 is 44.2 Å². The van der Waals surface area contributed by atoms with Crippen molar-refractivity contribution in [1.82, 2.24) is 9.88 Å². The number of methoxy groups -OCH3 is 1. The molecular formula is C26H32ClN3O4S. The van der Waals surface area contributed by atoms with Crippen LogP contribution in [0.1, 0.15) is 25.8 Å². The third-order valence-corrected chi connectivity index (χ3v) is 7.52. The first kappa shape index (κ1) is 25.7. The zero-order valence-corrected chi connectivity index (χ0v) is 22.2. The zero-order chi connectivity index (χ0) is 25.0. The van der Waals surface area contributed by atoms with E-state index in [1.54, 1.807) is 50.1 Å².